The number of nitrogens with one attached hydrogen (secondary N) is 1. The van der Waals surface area contributed by atoms with Gasteiger partial charge in [0, 0.05) is 37.4 Å². The molecule has 0 unspecified atom stereocenters. The first-order chi connectivity index (χ1) is 14.8. The summed E-state index contributed by atoms with van der Waals surface area (Å²) < 4.78 is 46.5. The summed E-state index contributed by atoms with van der Waals surface area (Å²) in [5.41, 5.74) is -0.140. The molecule has 4 rings (SSSR count). The fraction of sp³-hybridized carbons (Fsp3) is 0.524. The van der Waals surface area contributed by atoms with Crippen molar-refractivity contribution in [2.24, 2.45) is 11.8 Å². The Morgan fingerprint density at radius 3 is 2.45 bits per heavy atom. The first kappa shape index (κ1) is 22.1. The van der Waals surface area contributed by atoms with Crippen molar-refractivity contribution in [2.45, 2.75) is 31.1 Å². The first-order valence-corrected chi connectivity index (χ1v) is 10.8. The van der Waals surface area contributed by atoms with E-state index in [0.29, 0.717) is 29.8 Å². The Morgan fingerprint density at radius 2 is 1.84 bits per heavy atom. The number of ether oxygens (including phenoxy) is 1. The number of likely N-dealkylation sites (tertiary alicyclic amines) is 1. The van der Waals surface area contributed by atoms with E-state index in [-0.39, 0.29) is 16.6 Å². The van der Waals surface area contributed by atoms with E-state index in [0.717, 1.165) is 45.2 Å². The van der Waals surface area contributed by atoms with Gasteiger partial charge in [-0.25, -0.2) is 13.2 Å². The van der Waals surface area contributed by atoms with Crippen LogP contribution >= 0.6 is 0 Å². The van der Waals surface area contributed by atoms with Crippen LogP contribution in [0.1, 0.15) is 19.8 Å². The summed E-state index contributed by atoms with van der Waals surface area (Å²) in [6.07, 6.45) is 2.11. The first-order valence-electron chi connectivity index (χ1n) is 10.8. The smallest absolute Gasteiger partial charge is 0.168 e. The molecule has 5 nitrogen and oxygen atoms in total. The Kier molecular flexibility index (Phi) is 6.30. The highest BCUT2D eigenvalue weighted by atomic mass is 19.2. The fourth-order valence-corrected chi connectivity index (χ4v) is 4.86. The molecule has 2 heterocycles. The van der Waals surface area contributed by atoms with Gasteiger partial charge in [0.15, 0.2) is 11.6 Å². The van der Waals surface area contributed by atoms with Crippen molar-refractivity contribution >= 4 is 21.5 Å². The van der Waals surface area contributed by atoms with Crippen LogP contribution in [0.5, 0.6) is 0 Å². The maximum absolute atomic E-state index is 14.0. The average Bonchev–Trinajstić information content (AvgIpc) is 3.29. The monoisotopic (exact) mass is 430 g/mol. The maximum atomic E-state index is 14.0. The van der Waals surface area contributed by atoms with E-state index in [1.807, 2.05) is 6.92 Å². The van der Waals surface area contributed by atoms with E-state index in [1.54, 1.807) is 6.07 Å². The predicted molar refractivity (Wildman–Crippen MR) is 119 cm³/mol. The van der Waals surface area contributed by atoms with Gasteiger partial charge in [-0.05, 0) is 55.1 Å². The second-order valence-electron chi connectivity index (χ2n) is 9.24. The number of fused-ring (bicyclic) bond motifs is 1. The number of benzene rings is 1. The summed E-state index contributed by atoms with van der Waals surface area (Å²) in [7, 11) is 4.48. The molecule has 1 N–H and O–H groups in total. The van der Waals surface area contributed by atoms with Crippen LogP contribution in [0, 0.1) is 29.3 Å². The third kappa shape index (κ3) is 4.75. The number of anilines is 1. The minimum Gasteiger partial charge on any atom is -0.381 e. The molecule has 31 heavy (non-hydrogen) atoms. The zero-order valence-corrected chi connectivity index (χ0v) is 18.2. The highest BCUT2D eigenvalue weighted by Crippen LogP contribution is 2.40. The topological polar surface area (TPSA) is 50.3 Å². The van der Waals surface area contributed by atoms with Crippen LogP contribution in [0.4, 0.5) is 19.0 Å². The molecule has 164 valence electrons. The van der Waals surface area contributed by atoms with Gasteiger partial charge in [0.25, 0.3) is 0 Å². The lowest BCUT2D eigenvalue weighted by atomic mass is 9.61. The Labute approximate surface area is 182 Å². The van der Waals surface area contributed by atoms with Crippen LogP contribution in [0.15, 0.2) is 24.3 Å². The van der Waals surface area contributed by atoms with Crippen molar-refractivity contribution in [3.05, 3.63) is 41.7 Å². The lowest BCUT2D eigenvalue weighted by Gasteiger charge is -2.36. The lowest BCUT2D eigenvalue weighted by molar-refractivity contribution is 0.0872. The molecule has 1 aromatic carbocycles. The molecule has 1 aliphatic heterocycles. The molecule has 10 heteroatoms. The zero-order valence-electron chi connectivity index (χ0n) is 18.2. The summed E-state index contributed by atoms with van der Waals surface area (Å²) in [5.74, 6) is -1.37. The molecule has 3 atom stereocenters. The Hall–Kier alpha value is -2.06. The number of hydrogen-bond acceptors (Lipinski definition) is 5. The van der Waals surface area contributed by atoms with Crippen LogP contribution in [0.2, 0.25) is 0 Å². The van der Waals surface area contributed by atoms with Crippen LogP contribution in [-0.4, -0.2) is 68.5 Å². The van der Waals surface area contributed by atoms with Gasteiger partial charge in [-0.3, -0.25) is 0 Å². The van der Waals surface area contributed by atoms with Gasteiger partial charge < -0.3 is 15.0 Å². The van der Waals surface area contributed by atoms with Crippen LogP contribution in [0.25, 0.3) is 11.3 Å². The number of rotatable bonds is 7. The standard InChI is InChI=1S/C21H27B2F3N4O/c1-2-31-11-21(22,23)30-9-12-5-15(6-13(12)10-30)27-19-4-3-18(28-29-19)16-7-14(24)8-17(25)20(16)26/h3-4,7-8,12-13,15H,2,5-6,9-11,22-23H2,1H3,(H,27,29)/t12-,13+,15+. The second kappa shape index (κ2) is 8.82. The van der Waals surface area contributed by atoms with E-state index < -0.39 is 17.5 Å². The minimum absolute atomic E-state index is 0.0379. The molecular formula is C21H27B2F3N4O. The second-order valence-corrected chi connectivity index (χ2v) is 9.24. The molecular weight excluding hydrogens is 403 g/mol. The average molecular weight is 430 g/mol. The third-order valence-electron chi connectivity index (χ3n) is 6.55. The summed E-state index contributed by atoms with van der Waals surface area (Å²) in [6.45, 7) is 5.63. The molecule has 2 aliphatic rings. The maximum Gasteiger partial charge on any atom is 0.168 e. The van der Waals surface area contributed by atoms with Crippen molar-refractivity contribution in [2.75, 3.05) is 31.6 Å². The van der Waals surface area contributed by atoms with Crippen LogP contribution in [0.3, 0.4) is 0 Å². The molecule has 2 fully saturated rings. The largest absolute Gasteiger partial charge is 0.381 e. The molecule has 0 bridgehead atoms. The highest BCUT2D eigenvalue weighted by molar-refractivity contribution is 6.40. The molecule has 1 saturated heterocycles. The van der Waals surface area contributed by atoms with Gasteiger partial charge in [0.1, 0.15) is 27.3 Å². The van der Waals surface area contributed by atoms with Gasteiger partial charge in [-0.15, -0.1) is 10.2 Å². The fourth-order valence-electron chi connectivity index (χ4n) is 4.86. The van der Waals surface area contributed by atoms with Crippen LogP contribution in [-0.2, 0) is 4.74 Å². The van der Waals surface area contributed by atoms with E-state index in [9.17, 15) is 13.2 Å². The van der Waals surface area contributed by atoms with Gasteiger partial charge in [0.05, 0.1) is 12.3 Å². The summed E-state index contributed by atoms with van der Waals surface area (Å²) in [4.78, 5) is 2.54. The van der Waals surface area contributed by atoms with Crippen molar-refractivity contribution in [1.82, 2.24) is 15.1 Å². The van der Waals surface area contributed by atoms with Crippen molar-refractivity contribution in [3.8, 4) is 11.3 Å². The van der Waals surface area contributed by atoms with E-state index in [2.05, 4.69) is 36.1 Å². The van der Waals surface area contributed by atoms with E-state index in [4.69, 9.17) is 4.74 Å². The lowest BCUT2D eigenvalue weighted by Crippen LogP contribution is -2.53. The Bertz CT molecular complexity index is 918. The summed E-state index contributed by atoms with van der Waals surface area (Å²) >= 11 is 0. The van der Waals surface area contributed by atoms with Crippen molar-refractivity contribution in [1.29, 1.82) is 0 Å². The molecule has 1 saturated carbocycles. The minimum atomic E-state index is -1.24. The van der Waals surface area contributed by atoms with Gasteiger partial charge >= 0.3 is 0 Å². The number of halogens is 3. The molecule has 0 spiro atoms. The quantitative estimate of drug-likeness (QED) is 0.535. The third-order valence-corrected chi connectivity index (χ3v) is 6.55. The molecule has 2 aromatic rings. The SMILES string of the molecule is BC(B)(COCC)N1C[C@H]2C[C@H](Nc3ccc(-c4cc(F)cc(F)c4F)nn3)C[C@H]2C1. The molecule has 0 amide bonds. The number of aromatic nitrogens is 2. The Morgan fingerprint density at radius 1 is 1.13 bits per heavy atom. The zero-order chi connectivity index (χ0) is 22.2. The van der Waals surface area contributed by atoms with Gasteiger partial charge in [0.2, 0.25) is 0 Å². The Balaban J connectivity index is 1.35. The van der Waals surface area contributed by atoms with Crippen LogP contribution < -0.4 is 5.32 Å². The van der Waals surface area contributed by atoms with Gasteiger partial charge in [-0.1, -0.05) is 0 Å². The molecule has 1 aromatic heterocycles. The van der Waals surface area contributed by atoms with Crippen molar-refractivity contribution < 1.29 is 17.9 Å². The van der Waals surface area contributed by atoms with Crippen molar-refractivity contribution in [3.63, 3.8) is 0 Å². The summed E-state index contributed by atoms with van der Waals surface area (Å²) in [5, 5.41) is 11.5. The molecule has 1 aliphatic carbocycles. The molecule has 0 radical (unpaired) electrons. The van der Waals surface area contributed by atoms with Gasteiger partial charge in [-0.2, -0.15) is 0 Å². The number of hydrogen-bond donors (Lipinski definition) is 1. The summed E-state index contributed by atoms with van der Waals surface area (Å²) in [6, 6.07) is 4.94. The normalized spacial score (nSPS) is 23.8. The predicted octanol–water partition coefficient (Wildman–Crippen LogP) is 1.64. The highest BCUT2D eigenvalue weighted by Gasteiger charge is 2.44. The van der Waals surface area contributed by atoms with E-state index in [1.165, 1.54) is 6.07 Å². The number of nitrogens with zero attached hydrogens (tertiary/aromatic N) is 3. The van der Waals surface area contributed by atoms with E-state index >= 15 is 0 Å².